The summed E-state index contributed by atoms with van der Waals surface area (Å²) in [7, 11) is 0. The lowest BCUT2D eigenvalue weighted by Crippen LogP contribution is -2.67. The molecule has 5 saturated heterocycles. The van der Waals surface area contributed by atoms with Crippen LogP contribution in [0.25, 0.3) is 0 Å². The number of esters is 1. The molecular weight excluding hydrogens is 1460 g/mol. The first-order valence-corrected chi connectivity index (χ1v) is 35.0. The third-order valence-corrected chi connectivity index (χ3v) is 23.2. The molecule has 23 N–H and O–H groups in total. The highest BCUT2D eigenvalue weighted by Gasteiger charge is 2.70. The number of alkyl halides is 1. The van der Waals surface area contributed by atoms with E-state index < -0.39 is 287 Å². The lowest BCUT2D eigenvalue weighted by atomic mass is 9.41. The molecule has 0 amide bonds. The Balaban J connectivity index is 1.000. The third kappa shape index (κ3) is 16.0. The molecule has 2 bridgehead atoms. The van der Waals surface area contributed by atoms with Crippen molar-refractivity contribution in [3.63, 3.8) is 0 Å². The van der Waals surface area contributed by atoms with Gasteiger partial charge in [0.2, 0.25) is 6.29 Å². The average molecular weight is 1570 g/mol. The van der Waals surface area contributed by atoms with Gasteiger partial charge in [0.15, 0.2) is 43.8 Å². The number of aliphatic hydroxyl groups is 23. The van der Waals surface area contributed by atoms with E-state index in [1.165, 1.54) is 6.92 Å². The van der Waals surface area contributed by atoms with Gasteiger partial charge in [-0.05, 0) is 86.5 Å². The van der Waals surface area contributed by atoms with Crippen LogP contribution in [0.4, 0.5) is 0 Å². The Morgan fingerprint density at radius 1 is 0.530 bits per heavy atom. The molecule has 580 valence electrons. The predicted molar refractivity (Wildman–Crippen MR) is 333 cm³/mol. The molecule has 4 saturated carbocycles. The summed E-state index contributed by atoms with van der Waals surface area (Å²) in [6.07, 6.45) is -58.6. The number of fused-ring (bicyclic) bond motifs is 3. The molecule has 9 aliphatic rings. The van der Waals surface area contributed by atoms with Gasteiger partial charge >= 0.3 is 5.97 Å². The lowest BCUT2D eigenvalue weighted by Gasteiger charge is -2.64. The minimum Gasteiger partial charge on any atom is -0.432 e. The van der Waals surface area contributed by atoms with E-state index in [0.29, 0.717) is 44.1 Å². The first-order valence-electron chi connectivity index (χ1n) is 33.7. The van der Waals surface area contributed by atoms with Crippen LogP contribution < -0.4 is 0 Å². The summed E-state index contributed by atoms with van der Waals surface area (Å²) in [4.78, 5) is 15.6. The number of hydrogen-bond donors (Lipinski definition) is 23. The molecule has 39 unspecified atom stereocenters. The van der Waals surface area contributed by atoms with E-state index in [0.717, 1.165) is 0 Å². The van der Waals surface area contributed by atoms with Crippen molar-refractivity contribution >= 4 is 28.6 Å². The van der Waals surface area contributed by atoms with E-state index in [2.05, 4.69) is 13.5 Å². The molecule has 0 aromatic rings. The molecular formula is C62H103IO37. The van der Waals surface area contributed by atoms with Gasteiger partial charge in [-0.2, -0.15) is 0 Å². The summed E-state index contributed by atoms with van der Waals surface area (Å²) < 4.78 is 77.6. The molecule has 38 heteroatoms. The van der Waals surface area contributed by atoms with Crippen molar-refractivity contribution in [1.29, 1.82) is 0 Å². The van der Waals surface area contributed by atoms with E-state index in [1.54, 1.807) is 29.5 Å². The van der Waals surface area contributed by atoms with Crippen molar-refractivity contribution in [1.82, 2.24) is 0 Å². The predicted octanol–water partition coefficient (Wildman–Crippen LogP) is -9.97. The fourth-order valence-electron chi connectivity index (χ4n) is 17.0. The van der Waals surface area contributed by atoms with Crippen LogP contribution in [0.1, 0.15) is 78.6 Å². The summed E-state index contributed by atoms with van der Waals surface area (Å²) in [5, 5.41) is 249. The second-order valence-corrected chi connectivity index (χ2v) is 30.6. The molecule has 39 atom stereocenters. The molecule has 0 aromatic carbocycles. The highest BCUT2D eigenvalue weighted by atomic mass is 127. The van der Waals surface area contributed by atoms with Gasteiger partial charge in [-0.1, -0.05) is 49.4 Å². The number of carbonyl (C=O) groups excluding carboxylic acids is 1. The van der Waals surface area contributed by atoms with Crippen LogP contribution in [-0.4, -0.2) is 382 Å². The van der Waals surface area contributed by atoms with Crippen molar-refractivity contribution in [2.45, 2.75) is 285 Å². The molecule has 1 spiro atoms. The number of hydrogen-bond acceptors (Lipinski definition) is 37. The number of carbonyl (C=O) groups is 1. The normalized spacial score (nSPS) is 47.8. The quantitative estimate of drug-likeness (QED) is 0.00826. The summed E-state index contributed by atoms with van der Waals surface area (Å²) in [6.45, 7) is 2.28. The second kappa shape index (κ2) is 34.0. The Hall–Kier alpha value is -1.46. The zero-order valence-corrected chi connectivity index (χ0v) is 57.5. The van der Waals surface area contributed by atoms with Gasteiger partial charge in [-0.3, -0.25) is 4.79 Å². The molecule has 5 heterocycles. The first kappa shape index (κ1) is 82.6. The molecule has 100 heavy (non-hydrogen) atoms. The van der Waals surface area contributed by atoms with Crippen LogP contribution >= 0.6 is 22.6 Å². The Bertz CT molecular complexity index is 2620. The van der Waals surface area contributed by atoms with Crippen LogP contribution in [0.3, 0.4) is 0 Å². The van der Waals surface area contributed by atoms with Crippen LogP contribution in [0.5, 0.6) is 0 Å². The minimum absolute atomic E-state index is 0.201. The molecule has 4 aliphatic carbocycles. The highest BCUT2D eigenvalue weighted by Crippen LogP contribution is 2.74. The zero-order valence-electron chi connectivity index (χ0n) is 55.3. The van der Waals surface area contributed by atoms with Gasteiger partial charge in [0.1, 0.15) is 140 Å². The SMILES string of the molecule is C=C1CC23CCC4C(C)(C(=O)OC5OC(CO)C(O)C(OC6OC(CO)C(O)C(O)C6O)C5OC(O)C(O)C(OC5OC(CO)C(O)C(O)C5O)C(O)C(C)I)CCCC4(C)C2CCC1(OC1OC(CO)C(O)C(OC(CO)OC(CO)C(O)CO)C1OC1OC(CO)C(O)C(O)C1O)C3. The molecule has 9 rings (SSSR count). The summed E-state index contributed by atoms with van der Waals surface area (Å²) >= 11 is 1.74. The standard InChI is InChI=1S/C62H103IO37/c1-22-12-61-10-6-31-59(3,32(61)7-11-62(22,21-61)100-57-51(98-55-45(84)42(81)37(76)28(17-68)91-55)48(38(77)30(19-70)93-57)94-33(20-71)88-25(14-65)24(72)13-64)8-5-9-60(31,4)58(87)99-56-50(49(39(78)29(18-69)92-56)97-54-44(83)41(80)36(75)27(16-67)90-54)95-52(86)46(85)47(34(73)23(2)63)96-53-43(82)40(79)35(74)26(15-66)89-53/h23-57,64-86H,1,5-21H2,2-4H3. The lowest BCUT2D eigenvalue weighted by molar-refractivity contribution is -0.392. The Labute approximate surface area is 587 Å². The van der Waals surface area contributed by atoms with E-state index in [-0.39, 0.29) is 25.2 Å². The topological polar surface area (TPSA) is 602 Å². The zero-order chi connectivity index (χ0) is 73.6. The van der Waals surface area contributed by atoms with E-state index in [9.17, 15) is 117 Å². The van der Waals surface area contributed by atoms with Crippen molar-refractivity contribution in [3.8, 4) is 0 Å². The summed E-state index contributed by atoms with van der Waals surface area (Å²) in [6, 6.07) is 0. The molecule has 0 aromatic heterocycles. The van der Waals surface area contributed by atoms with Gasteiger partial charge in [0.25, 0.3) is 0 Å². The van der Waals surface area contributed by atoms with E-state index in [4.69, 9.17) is 61.6 Å². The fraction of sp³-hybridized carbons (Fsp3) is 0.952. The van der Waals surface area contributed by atoms with E-state index >= 15 is 4.79 Å². The fourth-order valence-corrected chi connectivity index (χ4v) is 17.4. The van der Waals surface area contributed by atoms with Crippen LogP contribution in [-0.2, 0) is 66.4 Å². The molecule has 9 fully saturated rings. The van der Waals surface area contributed by atoms with Gasteiger partial charge in [-0.15, -0.1) is 0 Å². The van der Waals surface area contributed by atoms with Crippen molar-refractivity contribution in [2.24, 2.45) is 28.1 Å². The van der Waals surface area contributed by atoms with Crippen molar-refractivity contribution < 1.29 is 184 Å². The second-order valence-electron chi connectivity index (χ2n) is 28.6. The van der Waals surface area contributed by atoms with Crippen molar-refractivity contribution in [2.75, 3.05) is 52.9 Å². The number of rotatable bonds is 29. The Morgan fingerprint density at radius 3 is 1.54 bits per heavy atom. The monoisotopic (exact) mass is 1570 g/mol. The first-order chi connectivity index (χ1) is 47.2. The average Bonchev–Trinajstić information content (AvgIpc) is 1.44. The smallest absolute Gasteiger partial charge is 0.314 e. The maximum absolute atomic E-state index is 15.6. The number of halogens is 1. The largest absolute Gasteiger partial charge is 0.432 e. The van der Waals surface area contributed by atoms with Gasteiger partial charge in [0.05, 0.1) is 70.0 Å². The number of aliphatic hydroxyl groups excluding tert-OH is 23. The van der Waals surface area contributed by atoms with Crippen LogP contribution in [0.15, 0.2) is 12.2 Å². The Kier molecular flexibility index (Phi) is 28.1. The molecule has 5 aliphatic heterocycles. The third-order valence-electron chi connectivity index (χ3n) is 22.5. The van der Waals surface area contributed by atoms with Crippen molar-refractivity contribution in [3.05, 3.63) is 12.2 Å². The Morgan fingerprint density at radius 2 is 1.02 bits per heavy atom. The molecule has 37 nitrogen and oxygen atoms in total. The maximum atomic E-state index is 15.6. The van der Waals surface area contributed by atoms with Gasteiger partial charge in [-0.25, -0.2) is 0 Å². The van der Waals surface area contributed by atoms with E-state index in [1.807, 2.05) is 0 Å². The maximum Gasteiger partial charge on any atom is 0.314 e. The summed E-state index contributed by atoms with van der Waals surface area (Å²) in [5.41, 5.74) is -3.51. The molecule has 0 radical (unpaired) electrons. The summed E-state index contributed by atoms with van der Waals surface area (Å²) in [5.74, 6) is -1.66. The highest BCUT2D eigenvalue weighted by molar-refractivity contribution is 14.1. The van der Waals surface area contributed by atoms with Gasteiger partial charge < -0.3 is 179 Å². The van der Waals surface area contributed by atoms with Crippen LogP contribution in [0, 0.1) is 28.1 Å². The number of ether oxygens (including phenoxy) is 13. The van der Waals surface area contributed by atoms with Crippen LogP contribution in [0.2, 0.25) is 0 Å². The van der Waals surface area contributed by atoms with Gasteiger partial charge in [0, 0.05) is 3.92 Å². The minimum atomic E-state index is -2.65.